The first-order valence-corrected chi connectivity index (χ1v) is 9.37. The van der Waals surface area contributed by atoms with Crippen molar-refractivity contribution in [3.05, 3.63) is 60.4 Å². The van der Waals surface area contributed by atoms with E-state index in [9.17, 15) is 4.79 Å². The molecule has 2 heterocycles. The average Bonchev–Trinajstić information content (AvgIpc) is 2.92. The molecule has 0 amide bonds. The topological polar surface area (TPSA) is 45.8 Å². The van der Waals surface area contributed by atoms with Crippen molar-refractivity contribution in [1.82, 2.24) is 9.97 Å². The van der Waals surface area contributed by atoms with Gasteiger partial charge in [0.1, 0.15) is 10.7 Å². The van der Waals surface area contributed by atoms with Crippen LogP contribution in [0.25, 0.3) is 22.4 Å². The van der Waals surface area contributed by atoms with Crippen LogP contribution in [0.15, 0.2) is 23.0 Å². The highest BCUT2D eigenvalue weighted by molar-refractivity contribution is 7.18. The summed E-state index contributed by atoms with van der Waals surface area (Å²) < 4.78 is 0. The summed E-state index contributed by atoms with van der Waals surface area (Å²) in [6.07, 6.45) is 7.98. The van der Waals surface area contributed by atoms with Crippen LogP contribution in [-0.4, -0.2) is 9.97 Å². The minimum atomic E-state index is -0.0544. The van der Waals surface area contributed by atoms with Gasteiger partial charge in [-0.3, -0.25) is 4.79 Å². The lowest BCUT2D eigenvalue weighted by molar-refractivity contribution is 0.700. The highest BCUT2D eigenvalue weighted by Crippen LogP contribution is 2.33. The van der Waals surface area contributed by atoms with Gasteiger partial charge in [0.25, 0.3) is 5.56 Å². The first-order valence-electron chi connectivity index (χ1n) is 7.79. The van der Waals surface area contributed by atoms with E-state index in [1.807, 2.05) is 12.1 Å². The van der Waals surface area contributed by atoms with Crippen molar-refractivity contribution in [2.75, 3.05) is 0 Å². The second-order valence-corrected chi connectivity index (χ2v) is 7.77. The first kappa shape index (κ1) is 15.9. The molecular weight excluding hydrogens is 363 g/mol. The second-order valence-electron chi connectivity index (χ2n) is 5.84. The van der Waals surface area contributed by atoms with Gasteiger partial charge < -0.3 is 4.98 Å². The summed E-state index contributed by atoms with van der Waals surface area (Å²) in [6, 6.07) is 5.30. The molecule has 122 valence electrons. The zero-order chi connectivity index (χ0) is 16.7. The fourth-order valence-electron chi connectivity index (χ4n) is 3.06. The summed E-state index contributed by atoms with van der Waals surface area (Å²) in [5.41, 5.74) is 1.97. The van der Waals surface area contributed by atoms with Gasteiger partial charge in [-0.15, -0.1) is 11.3 Å². The number of aryl methyl sites for hydroxylation is 2. The molecule has 4 rings (SSSR count). The molecule has 24 heavy (non-hydrogen) atoms. The van der Waals surface area contributed by atoms with E-state index in [1.54, 1.807) is 29.5 Å². The van der Waals surface area contributed by atoms with Gasteiger partial charge >= 0.3 is 0 Å². The molecule has 0 aliphatic heterocycles. The Bertz CT molecular complexity index is 1020. The number of nitrogens with one attached hydrogen (secondary N) is 1. The number of benzene rings is 1. The number of nitrogens with zero attached hydrogens (tertiary/aromatic N) is 1. The molecule has 0 unspecified atom stereocenters. The Labute approximate surface area is 153 Å². The van der Waals surface area contributed by atoms with Crippen LogP contribution in [0, 0.1) is 0 Å². The van der Waals surface area contributed by atoms with Gasteiger partial charge in [-0.25, -0.2) is 4.98 Å². The fraction of sp³-hybridized carbons (Fsp3) is 0.222. The van der Waals surface area contributed by atoms with Crippen molar-refractivity contribution in [3.63, 3.8) is 0 Å². The van der Waals surface area contributed by atoms with E-state index in [-0.39, 0.29) is 5.56 Å². The van der Waals surface area contributed by atoms with Gasteiger partial charge in [-0.1, -0.05) is 29.3 Å². The van der Waals surface area contributed by atoms with Crippen LogP contribution in [0.2, 0.25) is 10.0 Å². The van der Waals surface area contributed by atoms with Crippen molar-refractivity contribution in [2.45, 2.75) is 25.7 Å². The van der Waals surface area contributed by atoms with Crippen molar-refractivity contribution < 1.29 is 0 Å². The summed E-state index contributed by atoms with van der Waals surface area (Å²) in [5, 5.41) is 1.93. The monoisotopic (exact) mass is 376 g/mol. The molecule has 0 saturated carbocycles. The number of hydrogen-bond donors (Lipinski definition) is 1. The van der Waals surface area contributed by atoms with Crippen LogP contribution in [0.3, 0.4) is 0 Å². The molecule has 3 nitrogen and oxygen atoms in total. The van der Waals surface area contributed by atoms with Gasteiger partial charge in [0.15, 0.2) is 0 Å². The number of rotatable bonds is 2. The minimum Gasteiger partial charge on any atom is -0.306 e. The van der Waals surface area contributed by atoms with Crippen LogP contribution in [0.1, 0.15) is 34.7 Å². The Morgan fingerprint density at radius 1 is 1.17 bits per heavy atom. The van der Waals surface area contributed by atoms with Crippen molar-refractivity contribution in [2.24, 2.45) is 0 Å². The summed E-state index contributed by atoms with van der Waals surface area (Å²) in [6.45, 7) is 0. The van der Waals surface area contributed by atoms with E-state index >= 15 is 0 Å². The average molecular weight is 377 g/mol. The molecule has 0 saturated heterocycles. The molecule has 0 atom stereocenters. The zero-order valence-corrected chi connectivity index (χ0v) is 15.1. The number of hydrogen-bond acceptors (Lipinski definition) is 3. The maximum atomic E-state index is 12.5. The van der Waals surface area contributed by atoms with Crippen LogP contribution in [0.4, 0.5) is 0 Å². The predicted octanol–water partition coefficient (Wildman–Crippen LogP) is 5.34. The molecule has 0 fully saturated rings. The molecule has 6 heteroatoms. The van der Waals surface area contributed by atoms with Gasteiger partial charge in [0.05, 0.1) is 5.39 Å². The number of thiophene rings is 1. The molecular formula is C18H14Cl2N2OS. The van der Waals surface area contributed by atoms with Crippen LogP contribution in [0.5, 0.6) is 0 Å². The predicted molar refractivity (Wildman–Crippen MR) is 102 cm³/mol. The maximum Gasteiger partial charge on any atom is 0.260 e. The van der Waals surface area contributed by atoms with Gasteiger partial charge in [-0.05, 0) is 61.1 Å². The number of H-pyrrole nitrogens is 1. The summed E-state index contributed by atoms with van der Waals surface area (Å²) in [4.78, 5) is 22.1. The van der Waals surface area contributed by atoms with Crippen LogP contribution < -0.4 is 5.56 Å². The van der Waals surface area contributed by atoms with E-state index in [2.05, 4.69) is 9.97 Å². The van der Waals surface area contributed by atoms with E-state index in [0.717, 1.165) is 35.0 Å². The zero-order valence-electron chi connectivity index (χ0n) is 12.7. The van der Waals surface area contributed by atoms with Gasteiger partial charge in [-0.2, -0.15) is 0 Å². The summed E-state index contributed by atoms with van der Waals surface area (Å²) in [7, 11) is 0. The van der Waals surface area contributed by atoms with Crippen LogP contribution >= 0.6 is 34.5 Å². The number of aromatic nitrogens is 2. The van der Waals surface area contributed by atoms with E-state index in [4.69, 9.17) is 23.2 Å². The molecule has 1 aromatic carbocycles. The number of fused-ring (bicyclic) bond motifs is 3. The lowest BCUT2D eigenvalue weighted by Gasteiger charge is -2.09. The molecule has 1 aliphatic rings. The Kier molecular flexibility index (Phi) is 4.21. The molecule has 0 radical (unpaired) electrons. The maximum absolute atomic E-state index is 12.5. The van der Waals surface area contributed by atoms with Crippen LogP contribution in [-0.2, 0) is 12.8 Å². The lowest BCUT2D eigenvalue weighted by Crippen LogP contribution is -2.11. The summed E-state index contributed by atoms with van der Waals surface area (Å²) >= 11 is 13.7. The Morgan fingerprint density at radius 2 is 2.00 bits per heavy atom. The Hall–Kier alpha value is -1.62. The molecule has 1 aliphatic carbocycles. The van der Waals surface area contributed by atoms with Gasteiger partial charge in [0.2, 0.25) is 0 Å². The quantitative estimate of drug-likeness (QED) is 0.655. The van der Waals surface area contributed by atoms with Crippen molar-refractivity contribution in [3.8, 4) is 0 Å². The van der Waals surface area contributed by atoms with E-state index in [1.165, 1.54) is 16.9 Å². The SMILES string of the molecule is O=c1[nH]c(/C=C/c2ccc(Cl)cc2Cl)nc2sc3c(c12)CCCC3. The van der Waals surface area contributed by atoms with E-state index in [0.29, 0.717) is 15.9 Å². The number of aromatic amines is 1. The normalized spacial score (nSPS) is 14.4. The third-order valence-electron chi connectivity index (χ3n) is 4.23. The third-order valence-corrected chi connectivity index (χ3v) is 5.97. The Balaban J connectivity index is 1.75. The minimum absolute atomic E-state index is 0.0544. The van der Waals surface area contributed by atoms with E-state index < -0.39 is 0 Å². The smallest absolute Gasteiger partial charge is 0.260 e. The largest absolute Gasteiger partial charge is 0.306 e. The van der Waals surface area contributed by atoms with Crippen molar-refractivity contribution >= 4 is 56.9 Å². The Morgan fingerprint density at radius 3 is 2.83 bits per heavy atom. The third kappa shape index (κ3) is 2.90. The summed E-state index contributed by atoms with van der Waals surface area (Å²) in [5.74, 6) is 0.539. The molecule has 1 N–H and O–H groups in total. The molecule has 0 bridgehead atoms. The second kappa shape index (κ2) is 6.36. The lowest BCUT2D eigenvalue weighted by atomic mass is 9.97. The number of halogens is 2. The molecule has 0 spiro atoms. The fourth-order valence-corrected chi connectivity index (χ4v) is 4.81. The highest BCUT2D eigenvalue weighted by Gasteiger charge is 2.19. The molecule has 3 aromatic rings. The highest BCUT2D eigenvalue weighted by atomic mass is 35.5. The van der Waals surface area contributed by atoms with Gasteiger partial charge in [0, 0.05) is 14.9 Å². The standard InChI is InChI=1S/C18H14Cl2N2OS/c19-11-7-5-10(13(20)9-11)6-8-15-21-17(23)16-12-3-1-2-4-14(12)24-18(16)22-15/h5-9H,1-4H2,(H,21,22,23)/b8-6+. The molecule has 2 aromatic heterocycles. The first-order chi connectivity index (χ1) is 11.6. The van der Waals surface area contributed by atoms with Crippen molar-refractivity contribution in [1.29, 1.82) is 0 Å².